The number of carbonyl (C=O) groups is 1. The number of aromatic nitrogens is 1. The third kappa shape index (κ3) is 5.38. The fourth-order valence-electron chi connectivity index (χ4n) is 4.84. The van der Waals surface area contributed by atoms with E-state index in [1.807, 2.05) is 25.3 Å². The number of fused-ring (bicyclic) bond motifs is 1. The Labute approximate surface area is 201 Å². The van der Waals surface area contributed by atoms with Gasteiger partial charge in [-0.2, -0.15) is 13.2 Å². The van der Waals surface area contributed by atoms with E-state index >= 15 is 0 Å². The molecule has 1 saturated heterocycles. The second-order valence-corrected chi connectivity index (χ2v) is 8.94. The lowest BCUT2D eigenvalue weighted by molar-refractivity contribution is -0.139. The van der Waals surface area contributed by atoms with Crippen LogP contribution in [-0.4, -0.2) is 65.3 Å². The molecule has 1 aliphatic rings. The molecule has 1 aromatic heterocycles. The van der Waals surface area contributed by atoms with Crippen LogP contribution in [0, 0.1) is 6.92 Å². The van der Waals surface area contributed by atoms with Crippen molar-refractivity contribution in [2.24, 2.45) is 0 Å². The van der Waals surface area contributed by atoms with E-state index in [2.05, 4.69) is 9.88 Å². The first-order valence-electron chi connectivity index (χ1n) is 11.4. The summed E-state index contributed by atoms with van der Waals surface area (Å²) in [5.74, 6) is -0.380. The van der Waals surface area contributed by atoms with E-state index in [0.717, 1.165) is 33.3 Å². The van der Waals surface area contributed by atoms with Gasteiger partial charge in [-0.05, 0) is 42.3 Å². The second-order valence-electron chi connectivity index (χ2n) is 8.94. The standard InChI is InChI=1S/C25H29F3N4O3/c1-15-11-22(35-2)19(17-5-7-30-23(15)17)13-32-10-9-31(8-6-25(26,27)28)14-21(32)16-3-4-18(24(33)34)20(29)12-16/h3-5,7,11-12,21,30H,6,8-10,13-14,29H2,1-2H3,(H,33,34). The Morgan fingerprint density at radius 1 is 1.26 bits per heavy atom. The highest BCUT2D eigenvalue weighted by Crippen LogP contribution is 2.36. The number of aromatic amines is 1. The Morgan fingerprint density at radius 3 is 2.69 bits per heavy atom. The normalized spacial score (nSPS) is 17.7. The Hall–Kier alpha value is -3.24. The van der Waals surface area contributed by atoms with Crippen LogP contribution in [0.15, 0.2) is 36.5 Å². The molecule has 4 rings (SSSR count). The predicted octanol–water partition coefficient (Wildman–Crippen LogP) is 4.58. The number of nitrogens with one attached hydrogen (secondary N) is 1. The summed E-state index contributed by atoms with van der Waals surface area (Å²) in [6.07, 6.45) is -3.23. The summed E-state index contributed by atoms with van der Waals surface area (Å²) in [6.45, 7) is 3.81. The molecule has 0 bridgehead atoms. The van der Waals surface area contributed by atoms with E-state index in [1.54, 1.807) is 24.1 Å². The van der Waals surface area contributed by atoms with Crippen molar-refractivity contribution in [3.8, 4) is 5.75 Å². The number of nitrogens with two attached hydrogens (primary N) is 1. The van der Waals surface area contributed by atoms with Gasteiger partial charge < -0.3 is 20.6 Å². The fourth-order valence-corrected chi connectivity index (χ4v) is 4.84. The minimum absolute atomic E-state index is 0.000674. The number of rotatable bonds is 7. The van der Waals surface area contributed by atoms with Crippen LogP contribution in [0.1, 0.15) is 39.5 Å². The molecule has 1 unspecified atom stereocenters. The zero-order valence-electron chi connectivity index (χ0n) is 19.7. The SMILES string of the molecule is COc1cc(C)c2[nH]ccc2c1CN1CCN(CCC(F)(F)F)CC1c1ccc(C(=O)O)c(N)c1. The summed E-state index contributed by atoms with van der Waals surface area (Å²) in [5, 5.41) is 10.4. The molecule has 2 aromatic carbocycles. The molecule has 2 heterocycles. The van der Waals surface area contributed by atoms with Crippen molar-refractivity contribution in [1.29, 1.82) is 0 Å². The lowest BCUT2D eigenvalue weighted by atomic mass is 9.97. The largest absolute Gasteiger partial charge is 0.496 e. The van der Waals surface area contributed by atoms with Gasteiger partial charge in [0.2, 0.25) is 0 Å². The topological polar surface area (TPSA) is 94.8 Å². The lowest BCUT2D eigenvalue weighted by Crippen LogP contribution is -2.48. The zero-order chi connectivity index (χ0) is 25.3. The zero-order valence-corrected chi connectivity index (χ0v) is 19.7. The first-order valence-corrected chi connectivity index (χ1v) is 11.4. The number of nitrogens with zero attached hydrogens (tertiary/aromatic N) is 2. The summed E-state index contributed by atoms with van der Waals surface area (Å²) in [5.41, 5.74) is 9.95. The molecule has 1 fully saturated rings. The van der Waals surface area contributed by atoms with Crippen molar-refractivity contribution in [3.05, 3.63) is 58.8 Å². The summed E-state index contributed by atoms with van der Waals surface area (Å²) in [6, 6.07) is 8.46. The van der Waals surface area contributed by atoms with Gasteiger partial charge >= 0.3 is 12.1 Å². The van der Waals surface area contributed by atoms with E-state index in [0.29, 0.717) is 26.2 Å². The van der Waals surface area contributed by atoms with Crippen LogP contribution in [0.4, 0.5) is 18.9 Å². The predicted molar refractivity (Wildman–Crippen MR) is 128 cm³/mol. The van der Waals surface area contributed by atoms with Crippen molar-refractivity contribution >= 4 is 22.6 Å². The van der Waals surface area contributed by atoms with Gasteiger partial charge in [-0.3, -0.25) is 9.80 Å². The monoisotopic (exact) mass is 490 g/mol. The average Bonchev–Trinajstić information content (AvgIpc) is 3.30. The van der Waals surface area contributed by atoms with Gasteiger partial charge in [-0.25, -0.2) is 4.79 Å². The average molecular weight is 491 g/mol. The maximum Gasteiger partial charge on any atom is 0.390 e. The Bertz CT molecular complexity index is 1220. The quantitative estimate of drug-likeness (QED) is 0.420. The van der Waals surface area contributed by atoms with Crippen molar-refractivity contribution in [2.45, 2.75) is 32.1 Å². The van der Waals surface area contributed by atoms with Gasteiger partial charge in [0.25, 0.3) is 0 Å². The van der Waals surface area contributed by atoms with Crippen molar-refractivity contribution in [1.82, 2.24) is 14.8 Å². The Kier molecular flexibility index (Phi) is 6.95. The van der Waals surface area contributed by atoms with Gasteiger partial charge in [0, 0.05) is 67.1 Å². The molecule has 4 N–H and O–H groups in total. The summed E-state index contributed by atoms with van der Waals surface area (Å²) < 4.78 is 44.3. The molecule has 0 saturated carbocycles. The molecular weight excluding hydrogens is 461 g/mol. The molecule has 0 aliphatic carbocycles. The van der Waals surface area contributed by atoms with Crippen LogP contribution in [0.5, 0.6) is 5.75 Å². The highest BCUT2D eigenvalue weighted by atomic mass is 19.4. The molecular formula is C25H29F3N4O3. The molecule has 3 aromatic rings. The molecule has 7 nitrogen and oxygen atoms in total. The third-order valence-electron chi connectivity index (χ3n) is 6.67. The number of aryl methyl sites for hydroxylation is 1. The van der Waals surface area contributed by atoms with Crippen molar-refractivity contribution in [2.75, 3.05) is 39.0 Å². The minimum atomic E-state index is -4.23. The number of carboxylic acids is 1. The lowest BCUT2D eigenvalue weighted by Gasteiger charge is -2.42. The molecule has 1 aliphatic heterocycles. The van der Waals surface area contributed by atoms with Crippen molar-refractivity contribution in [3.63, 3.8) is 0 Å². The Balaban J connectivity index is 1.68. The first kappa shape index (κ1) is 24.9. The number of benzene rings is 2. The van der Waals surface area contributed by atoms with Crippen LogP contribution in [0.25, 0.3) is 10.9 Å². The van der Waals surface area contributed by atoms with E-state index < -0.39 is 18.6 Å². The molecule has 10 heteroatoms. The van der Waals surface area contributed by atoms with Gasteiger partial charge in [0.1, 0.15) is 5.75 Å². The van der Waals surface area contributed by atoms with Crippen LogP contribution < -0.4 is 10.5 Å². The number of carboxylic acid groups (broad SMARTS) is 1. The highest BCUT2D eigenvalue weighted by Gasteiger charge is 2.33. The fraction of sp³-hybridized carbons (Fsp3) is 0.400. The van der Waals surface area contributed by atoms with E-state index in [-0.39, 0.29) is 23.8 Å². The van der Waals surface area contributed by atoms with Crippen molar-refractivity contribution < 1.29 is 27.8 Å². The maximum atomic E-state index is 12.9. The van der Waals surface area contributed by atoms with Gasteiger partial charge in [-0.1, -0.05) is 6.07 Å². The number of hydrogen-bond acceptors (Lipinski definition) is 5. The van der Waals surface area contributed by atoms with Crippen LogP contribution in [0.2, 0.25) is 0 Å². The number of nitrogen functional groups attached to an aromatic ring is 1. The second kappa shape index (κ2) is 9.79. The summed E-state index contributed by atoms with van der Waals surface area (Å²) in [7, 11) is 1.62. The molecule has 1 atom stereocenters. The number of halogens is 3. The first-order chi connectivity index (χ1) is 16.6. The number of anilines is 1. The number of alkyl halides is 3. The number of hydrogen-bond donors (Lipinski definition) is 3. The Morgan fingerprint density at radius 2 is 2.03 bits per heavy atom. The molecule has 0 radical (unpaired) electrons. The van der Waals surface area contributed by atoms with E-state index in [9.17, 15) is 23.1 Å². The van der Waals surface area contributed by atoms with E-state index in [1.165, 1.54) is 6.07 Å². The maximum absolute atomic E-state index is 12.9. The number of aromatic carboxylic acids is 1. The van der Waals surface area contributed by atoms with E-state index in [4.69, 9.17) is 10.5 Å². The minimum Gasteiger partial charge on any atom is -0.496 e. The molecule has 35 heavy (non-hydrogen) atoms. The third-order valence-corrected chi connectivity index (χ3v) is 6.67. The van der Waals surface area contributed by atoms with Gasteiger partial charge in [-0.15, -0.1) is 0 Å². The van der Waals surface area contributed by atoms with Crippen LogP contribution >= 0.6 is 0 Å². The molecule has 0 amide bonds. The smallest absolute Gasteiger partial charge is 0.390 e. The highest BCUT2D eigenvalue weighted by molar-refractivity contribution is 5.93. The molecule has 0 spiro atoms. The number of H-pyrrole nitrogens is 1. The summed E-state index contributed by atoms with van der Waals surface area (Å²) >= 11 is 0. The van der Waals surface area contributed by atoms with Crippen LogP contribution in [0.3, 0.4) is 0 Å². The number of methoxy groups -OCH3 is 1. The molecule has 188 valence electrons. The van der Waals surface area contributed by atoms with Gasteiger partial charge in [0.05, 0.1) is 19.1 Å². The number of ether oxygens (including phenoxy) is 1. The van der Waals surface area contributed by atoms with Crippen LogP contribution in [-0.2, 0) is 6.54 Å². The van der Waals surface area contributed by atoms with Gasteiger partial charge in [0.15, 0.2) is 0 Å². The number of piperazine rings is 1. The summed E-state index contributed by atoms with van der Waals surface area (Å²) in [4.78, 5) is 18.7.